The molecule has 0 spiro atoms. The van der Waals surface area contributed by atoms with Gasteiger partial charge in [0.15, 0.2) is 0 Å². The summed E-state index contributed by atoms with van der Waals surface area (Å²) >= 11 is 0. The Balaban J connectivity index is 1.97. The molecule has 0 radical (unpaired) electrons. The minimum Gasteiger partial charge on any atom is -0.465 e. The van der Waals surface area contributed by atoms with Crippen LogP contribution in [0.3, 0.4) is 0 Å². The molecule has 1 aromatic rings. The lowest BCUT2D eigenvalue weighted by Gasteiger charge is -2.49. The fourth-order valence-electron chi connectivity index (χ4n) is 3.03. The highest BCUT2D eigenvalue weighted by Gasteiger charge is 2.39. The van der Waals surface area contributed by atoms with Crippen LogP contribution in [0.15, 0.2) is 10.5 Å². The van der Waals surface area contributed by atoms with Crippen molar-refractivity contribution < 1.29 is 4.42 Å². The third-order valence-electron chi connectivity index (χ3n) is 4.51. The van der Waals surface area contributed by atoms with E-state index in [4.69, 9.17) is 10.2 Å². The summed E-state index contributed by atoms with van der Waals surface area (Å²) < 4.78 is 5.62. The third-order valence-corrected chi connectivity index (χ3v) is 4.51. The second-order valence-corrected chi connectivity index (χ2v) is 6.14. The van der Waals surface area contributed by atoms with Gasteiger partial charge in [-0.1, -0.05) is 0 Å². The molecule has 108 valence electrons. The maximum absolute atomic E-state index is 5.62. The van der Waals surface area contributed by atoms with Crippen molar-refractivity contribution in [2.45, 2.75) is 44.8 Å². The minimum atomic E-state index is 0.378. The summed E-state index contributed by atoms with van der Waals surface area (Å²) in [6.07, 6.45) is 3.97. The van der Waals surface area contributed by atoms with Crippen molar-refractivity contribution in [2.75, 3.05) is 27.7 Å². The lowest BCUT2D eigenvalue weighted by atomic mass is 9.75. The molecule has 1 aromatic heterocycles. The van der Waals surface area contributed by atoms with Crippen LogP contribution in [0.25, 0.3) is 0 Å². The van der Waals surface area contributed by atoms with Crippen LogP contribution in [0, 0.1) is 6.92 Å². The first kappa shape index (κ1) is 14.6. The Bertz CT molecular complexity index is 421. The Morgan fingerprint density at radius 1 is 1.32 bits per heavy atom. The molecule has 4 heteroatoms. The van der Waals surface area contributed by atoms with Crippen molar-refractivity contribution in [1.29, 1.82) is 0 Å². The van der Waals surface area contributed by atoms with E-state index in [0.717, 1.165) is 24.6 Å². The lowest BCUT2D eigenvalue weighted by Crippen LogP contribution is -2.56. The fraction of sp³-hybridized carbons (Fsp3) is 0.733. The maximum Gasteiger partial charge on any atom is 0.118 e. The Kier molecular flexibility index (Phi) is 4.33. The lowest BCUT2D eigenvalue weighted by molar-refractivity contribution is 0.0258. The number of hydrogen-bond donors (Lipinski definition) is 1. The normalized spacial score (nSPS) is 18.1. The van der Waals surface area contributed by atoms with Crippen LogP contribution in [0.1, 0.15) is 36.3 Å². The summed E-state index contributed by atoms with van der Waals surface area (Å²) in [6.45, 7) is 4.55. The largest absolute Gasteiger partial charge is 0.465 e. The number of nitrogens with two attached hydrogens (primary N) is 1. The first-order valence-corrected chi connectivity index (χ1v) is 7.11. The summed E-state index contributed by atoms with van der Waals surface area (Å²) in [7, 11) is 6.59. The second-order valence-electron chi connectivity index (χ2n) is 6.14. The van der Waals surface area contributed by atoms with E-state index < -0.39 is 0 Å². The highest BCUT2D eigenvalue weighted by atomic mass is 16.3. The van der Waals surface area contributed by atoms with Crippen LogP contribution in [0.4, 0.5) is 0 Å². The first-order chi connectivity index (χ1) is 8.97. The van der Waals surface area contributed by atoms with Gasteiger partial charge in [0.05, 0.1) is 6.54 Å². The molecule has 0 aromatic carbocycles. The Hall–Kier alpha value is -0.840. The number of nitrogens with zero attached hydrogens (tertiary/aromatic N) is 2. The van der Waals surface area contributed by atoms with Crippen LogP contribution in [-0.4, -0.2) is 43.0 Å². The zero-order valence-electron chi connectivity index (χ0n) is 12.7. The van der Waals surface area contributed by atoms with Gasteiger partial charge in [0.25, 0.3) is 0 Å². The van der Waals surface area contributed by atoms with Crippen molar-refractivity contribution >= 4 is 0 Å². The predicted octanol–water partition coefficient (Wildman–Crippen LogP) is 1.96. The topological polar surface area (TPSA) is 45.6 Å². The summed E-state index contributed by atoms with van der Waals surface area (Å²) in [6, 6.07) is 2.09. The second kappa shape index (κ2) is 5.65. The molecule has 1 aliphatic rings. The highest BCUT2D eigenvalue weighted by Crippen LogP contribution is 2.36. The average molecular weight is 265 g/mol. The van der Waals surface area contributed by atoms with Gasteiger partial charge in [-0.25, -0.2) is 0 Å². The van der Waals surface area contributed by atoms with E-state index >= 15 is 0 Å². The van der Waals surface area contributed by atoms with Crippen LogP contribution in [0.2, 0.25) is 0 Å². The monoisotopic (exact) mass is 265 g/mol. The van der Waals surface area contributed by atoms with Crippen LogP contribution in [0.5, 0.6) is 0 Å². The molecule has 0 aliphatic heterocycles. The van der Waals surface area contributed by atoms with Crippen molar-refractivity contribution in [1.82, 2.24) is 9.80 Å². The van der Waals surface area contributed by atoms with E-state index in [1.54, 1.807) is 0 Å². The predicted molar refractivity (Wildman–Crippen MR) is 77.9 cm³/mol. The molecule has 1 aliphatic carbocycles. The number of hydrogen-bond acceptors (Lipinski definition) is 4. The number of furan rings is 1. The van der Waals surface area contributed by atoms with Crippen LogP contribution < -0.4 is 5.73 Å². The van der Waals surface area contributed by atoms with E-state index in [1.165, 1.54) is 24.8 Å². The summed E-state index contributed by atoms with van der Waals surface area (Å²) in [5.74, 6) is 1.88. The van der Waals surface area contributed by atoms with Gasteiger partial charge in [-0.15, -0.1) is 0 Å². The van der Waals surface area contributed by atoms with Crippen molar-refractivity contribution in [3.63, 3.8) is 0 Å². The van der Waals surface area contributed by atoms with E-state index in [1.807, 2.05) is 6.92 Å². The van der Waals surface area contributed by atoms with E-state index in [0.29, 0.717) is 12.1 Å². The molecule has 0 saturated heterocycles. The SMILES string of the molecule is Cc1oc(CN)cc1CN(C)CC1(N(C)C)CCC1. The molecular weight excluding hydrogens is 238 g/mol. The quantitative estimate of drug-likeness (QED) is 0.854. The molecule has 1 heterocycles. The van der Waals surface area contributed by atoms with Gasteiger partial charge < -0.3 is 20.0 Å². The summed E-state index contributed by atoms with van der Waals surface area (Å²) in [4.78, 5) is 4.79. The number of aryl methyl sites for hydroxylation is 1. The van der Waals surface area contributed by atoms with Gasteiger partial charge in [0, 0.05) is 24.2 Å². The van der Waals surface area contributed by atoms with Gasteiger partial charge in [-0.3, -0.25) is 0 Å². The van der Waals surface area contributed by atoms with E-state index in [9.17, 15) is 0 Å². The van der Waals surface area contributed by atoms with Gasteiger partial charge in [-0.05, 0) is 53.4 Å². The molecule has 19 heavy (non-hydrogen) atoms. The molecule has 2 rings (SSSR count). The molecule has 0 amide bonds. The molecular formula is C15H27N3O. The Morgan fingerprint density at radius 2 is 2.00 bits per heavy atom. The van der Waals surface area contributed by atoms with E-state index in [-0.39, 0.29) is 0 Å². The molecule has 0 bridgehead atoms. The van der Waals surface area contributed by atoms with Crippen LogP contribution in [-0.2, 0) is 13.1 Å². The Morgan fingerprint density at radius 3 is 2.42 bits per heavy atom. The summed E-state index contributed by atoms with van der Waals surface area (Å²) in [5, 5.41) is 0. The van der Waals surface area contributed by atoms with Crippen molar-refractivity contribution in [3.8, 4) is 0 Å². The van der Waals surface area contributed by atoms with Crippen molar-refractivity contribution in [3.05, 3.63) is 23.2 Å². The van der Waals surface area contributed by atoms with Crippen LogP contribution >= 0.6 is 0 Å². The van der Waals surface area contributed by atoms with E-state index in [2.05, 4.69) is 37.0 Å². The molecule has 0 atom stereocenters. The van der Waals surface area contributed by atoms with Gasteiger partial charge in [0.1, 0.15) is 11.5 Å². The maximum atomic E-state index is 5.62. The number of likely N-dealkylation sites (N-methyl/N-ethyl adjacent to an activating group) is 2. The molecule has 2 N–H and O–H groups in total. The van der Waals surface area contributed by atoms with Crippen molar-refractivity contribution in [2.24, 2.45) is 5.73 Å². The molecule has 1 saturated carbocycles. The van der Waals surface area contributed by atoms with Gasteiger partial charge in [-0.2, -0.15) is 0 Å². The first-order valence-electron chi connectivity index (χ1n) is 7.11. The zero-order chi connectivity index (χ0) is 14.0. The van der Waals surface area contributed by atoms with Gasteiger partial charge >= 0.3 is 0 Å². The smallest absolute Gasteiger partial charge is 0.118 e. The standard InChI is InChI=1S/C15H27N3O/c1-12-13(8-14(9-16)19-12)10-18(4)11-15(17(2)3)6-5-7-15/h8H,5-7,9-11,16H2,1-4H3. The molecule has 0 unspecified atom stereocenters. The minimum absolute atomic E-state index is 0.378. The third kappa shape index (κ3) is 3.02. The average Bonchev–Trinajstić information content (AvgIpc) is 2.64. The molecule has 4 nitrogen and oxygen atoms in total. The number of rotatable bonds is 6. The summed E-state index contributed by atoms with van der Waals surface area (Å²) in [5.41, 5.74) is 7.26. The zero-order valence-corrected chi connectivity index (χ0v) is 12.7. The Labute approximate surface area is 116 Å². The fourth-order valence-corrected chi connectivity index (χ4v) is 3.03. The highest BCUT2D eigenvalue weighted by molar-refractivity contribution is 5.20. The van der Waals surface area contributed by atoms with Gasteiger partial charge in [0.2, 0.25) is 0 Å². The molecule has 1 fully saturated rings.